The van der Waals surface area contributed by atoms with Crippen LogP contribution in [0, 0.1) is 21.4 Å². The molecule has 0 atom stereocenters. The molecule has 0 radical (unpaired) electrons. The van der Waals surface area contributed by atoms with E-state index in [0.717, 1.165) is 23.9 Å². The first kappa shape index (κ1) is 15.9. The minimum atomic E-state index is -0.946. The minimum absolute atomic E-state index is 0.0139. The van der Waals surface area contributed by atoms with Crippen LogP contribution in [0.1, 0.15) is 21.5 Å². The molecule has 0 unspecified atom stereocenters. The highest BCUT2D eigenvalue weighted by Crippen LogP contribution is 2.13. The second kappa shape index (κ2) is 6.53. The van der Waals surface area contributed by atoms with Gasteiger partial charge in [0.2, 0.25) is 0 Å². The van der Waals surface area contributed by atoms with E-state index in [9.17, 15) is 19.7 Å². The average molecular weight is 313 g/mol. The van der Waals surface area contributed by atoms with Gasteiger partial charge in [0.25, 0.3) is 11.2 Å². The summed E-state index contributed by atoms with van der Waals surface area (Å²) >= 11 is 0. The lowest BCUT2D eigenvalue weighted by Crippen LogP contribution is -2.27. The maximum absolute atomic E-state index is 12.3. The molecule has 8 heteroatoms. The number of carbonyl (C=O) groups is 1. The van der Waals surface area contributed by atoms with Gasteiger partial charge in [-0.25, -0.2) is 4.79 Å². The molecule has 116 valence electrons. The van der Waals surface area contributed by atoms with Crippen LogP contribution in [0.25, 0.3) is 0 Å². The van der Waals surface area contributed by atoms with Crippen LogP contribution < -0.4 is 5.56 Å². The third-order valence-electron chi connectivity index (χ3n) is 3.10. The molecule has 0 amide bonds. The predicted octanol–water partition coefficient (Wildman–Crippen LogP) is 1.46. The van der Waals surface area contributed by atoms with Crippen LogP contribution in [0.3, 0.4) is 0 Å². The van der Waals surface area contributed by atoms with Crippen molar-refractivity contribution in [3.8, 4) is 6.07 Å². The molecule has 1 heterocycles. The van der Waals surface area contributed by atoms with Crippen molar-refractivity contribution < 1.29 is 14.5 Å². The molecule has 23 heavy (non-hydrogen) atoms. The first-order chi connectivity index (χ1) is 11.0. The minimum Gasteiger partial charge on any atom is -0.465 e. The highest BCUT2D eigenvalue weighted by molar-refractivity contribution is 5.89. The molecule has 0 aliphatic rings. The van der Waals surface area contributed by atoms with Gasteiger partial charge in [0.1, 0.15) is 5.56 Å². The molecule has 0 aliphatic heterocycles. The fraction of sp³-hybridized carbons (Fsp3) is 0.133. The van der Waals surface area contributed by atoms with Crippen LogP contribution in [0.4, 0.5) is 5.69 Å². The zero-order chi connectivity index (χ0) is 17.0. The number of ether oxygens (including phenoxy) is 1. The Kier molecular flexibility index (Phi) is 4.52. The van der Waals surface area contributed by atoms with Crippen LogP contribution in [0.5, 0.6) is 0 Å². The summed E-state index contributed by atoms with van der Waals surface area (Å²) < 4.78 is 5.52. The number of aromatic nitrogens is 1. The van der Waals surface area contributed by atoms with Crippen molar-refractivity contribution in [2.45, 2.75) is 6.54 Å². The van der Waals surface area contributed by atoms with E-state index < -0.39 is 27.7 Å². The molecule has 0 N–H and O–H groups in total. The second-order valence-corrected chi connectivity index (χ2v) is 4.61. The standard InChI is InChI=1S/C15H11N3O5/c1-23-15(20)13-6-12(18(21)22)9-17(14(13)19)8-11-4-2-3-10(5-11)7-16/h2-6,9H,8H2,1H3. The number of nitriles is 1. The van der Waals surface area contributed by atoms with Crippen molar-refractivity contribution in [1.82, 2.24) is 4.57 Å². The number of pyridine rings is 1. The van der Waals surface area contributed by atoms with Crippen LogP contribution in [-0.2, 0) is 11.3 Å². The number of methoxy groups -OCH3 is 1. The summed E-state index contributed by atoms with van der Waals surface area (Å²) in [5.74, 6) is -0.946. The van der Waals surface area contributed by atoms with Crippen molar-refractivity contribution in [1.29, 1.82) is 5.26 Å². The molecule has 0 saturated carbocycles. The highest BCUT2D eigenvalue weighted by atomic mass is 16.6. The van der Waals surface area contributed by atoms with Gasteiger partial charge in [0.15, 0.2) is 0 Å². The Morgan fingerprint density at radius 3 is 2.78 bits per heavy atom. The van der Waals surface area contributed by atoms with Crippen LogP contribution in [0.15, 0.2) is 41.3 Å². The summed E-state index contributed by atoms with van der Waals surface area (Å²) in [5, 5.41) is 19.9. The van der Waals surface area contributed by atoms with Gasteiger partial charge < -0.3 is 9.30 Å². The molecule has 0 aliphatic carbocycles. The van der Waals surface area contributed by atoms with Crippen molar-refractivity contribution in [2.75, 3.05) is 7.11 Å². The number of nitrogens with zero attached hydrogens (tertiary/aromatic N) is 3. The van der Waals surface area contributed by atoms with Crippen molar-refractivity contribution >= 4 is 11.7 Å². The summed E-state index contributed by atoms with van der Waals surface area (Å²) in [5.41, 5.74) is -0.527. The van der Waals surface area contributed by atoms with Gasteiger partial charge in [-0.1, -0.05) is 12.1 Å². The SMILES string of the molecule is COC(=O)c1cc([N+](=O)[O-])cn(Cc2cccc(C#N)c2)c1=O. The molecule has 2 rings (SSSR count). The quantitative estimate of drug-likeness (QED) is 0.479. The normalized spacial score (nSPS) is 9.91. The first-order valence-electron chi connectivity index (χ1n) is 6.42. The largest absolute Gasteiger partial charge is 0.465 e. The van der Waals surface area contributed by atoms with Gasteiger partial charge >= 0.3 is 5.97 Å². The smallest absolute Gasteiger partial charge is 0.343 e. The maximum Gasteiger partial charge on any atom is 0.343 e. The molecule has 0 saturated heterocycles. The molecule has 1 aromatic carbocycles. The van der Waals surface area contributed by atoms with E-state index in [0.29, 0.717) is 11.1 Å². The Morgan fingerprint density at radius 2 is 2.17 bits per heavy atom. The van der Waals surface area contributed by atoms with E-state index in [4.69, 9.17) is 5.26 Å². The van der Waals surface area contributed by atoms with Gasteiger partial charge in [0, 0.05) is 6.07 Å². The van der Waals surface area contributed by atoms with Crippen molar-refractivity contribution in [3.63, 3.8) is 0 Å². The van der Waals surface area contributed by atoms with Gasteiger partial charge in [0.05, 0.1) is 36.4 Å². The van der Waals surface area contributed by atoms with Gasteiger partial charge in [-0.15, -0.1) is 0 Å². The summed E-state index contributed by atoms with van der Waals surface area (Å²) in [6, 6.07) is 9.31. The van der Waals surface area contributed by atoms with Gasteiger partial charge in [-0.2, -0.15) is 5.26 Å². The summed E-state index contributed by atoms with van der Waals surface area (Å²) in [7, 11) is 1.08. The summed E-state index contributed by atoms with van der Waals surface area (Å²) in [4.78, 5) is 34.2. The van der Waals surface area contributed by atoms with E-state index >= 15 is 0 Å². The lowest BCUT2D eigenvalue weighted by molar-refractivity contribution is -0.385. The fourth-order valence-electron chi connectivity index (χ4n) is 2.03. The molecular formula is C15H11N3O5. The Balaban J connectivity index is 2.54. The molecule has 0 fully saturated rings. The first-order valence-corrected chi connectivity index (χ1v) is 6.42. The predicted molar refractivity (Wildman–Crippen MR) is 79.0 cm³/mol. The molecule has 1 aromatic heterocycles. The van der Waals surface area contributed by atoms with E-state index in [2.05, 4.69) is 4.74 Å². The average Bonchev–Trinajstić information content (AvgIpc) is 2.56. The van der Waals surface area contributed by atoms with Crippen LogP contribution >= 0.6 is 0 Å². The van der Waals surface area contributed by atoms with Gasteiger partial charge in [-0.05, 0) is 17.7 Å². The number of nitro groups is 1. The summed E-state index contributed by atoms with van der Waals surface area (Å²) in [6.45, 7) is -0.0139. The number of hydrogen-bond donors (Lipinski definition) is 0. The van der Waals surface area contributed by atoms with E-state index in [-0.39, 0.29) is 6.54 Å². The Labute approximate surface area is 130 Å². The van der Waals surface area contributed by atoms with Gasteiger partial charge in [-0.3, -0.25) is 14.9 Å². The maximum atomic E-state index is 12.3. The highest BCUT2D eigenvalue weighted by Gasteiger charge is 2.19. The van der Waals surface area contributed by atoms with Crippen molar-refractivity contribution in [2.24, 2.45) is 0 Å². The summed E-state index contributed by atoms with van der Waals surface area (Å²) in [6.07, 6.45) is 1.05. The lowest BCUT2D eigenvalue weighted by atomic mass is 10.1. The molecular weight excluding hydrogens is 302 g/mol. The van der Waals surface area contributed by atoms with Crippen LogP contribution in [0.2, 0.25) is 0 Å². The number of rotatable bonds is 4. The van der Waals surface area contributed by atoms with Crippen molar-refractivity contribution in [3.05, 3.63) is 73.7 Å². The monoisotopic (exact) mass is 313 g/mol. The number of benzene rings is 1. The molecule has 2 aromatic rings. The Hall–Kier alpha value is -3.47. The van der Waals surface area contributed by atoms with E-state index in [1.54, 1.807) is 24.3 Å². The topological polar surface area (TPSA) is 115 Å². The van der Waals surface area contributed by atoms with Crippen LogP contribution in [-0.4, -0.2) is 22.6 Å². The third kappa shape index (κ3) is 3.41. The molecule has 0 spiro atoms. The zero-order valence-corrected chi connectivity index (χ0v) is 12.1. The fourth-order valence-corrected chi connectivity index (χ4v) is 2.03. The molecule has 0 bridgehead atoms. The van der Waals surface area contributed by atoms with E-state index in [1.165, 1.54) is 0 Å². The third-order valence-corrected chi connectivity index (χ3v) is 3.10. The number of hydrogen-bond acceptors (Lipinski definition) is 6. The molecule has 8 nitrogen and oxygen atoms in total. The Morgan fingerprint density at radius 1 is 1.43 bits per heavy atom. The number of carbonyl (C=O) groups excluding carboxylic acids is 1. The Bertz CT molecular complexity index is 879. The lowest BCUT2D eigenvalue weighted by Gasteiger charge is -2.08. The zero-order valence-electron chi connectivity index (χ0n) is 12.1. The number of esters is 1. The van der Waals surface area contributed by atoms with E-state index in [1.807, 2.05) is 6.07 Å². The second-order valence-electron chi connectivity index (χ2n) is 4.61.